The van der Waals surface area contributed by atoms with Gasteiger partial charge in [0.15, 0.2) is 0 Å². The molecule has 3 nitrogen and oxygen atoms in total. The molecule has 1 unspecified atom stereocenters. The second kappa shape index (κ2) is 6.00. The van der Waals surface area contributed by atoms with Crippen molar-refractivity contribution < 1.29 is 14.3 Å². The van der Waals surface area contributed by atoms with Crippen LogP contribution in [0.2, 0.25) is 0 Å². The molecule has 0 N–H and O–H groups in total. The molecule has 0 aromatic carbocycles. The van der Waals surface area contributed by atoms with Crippen molar-refractivity contribution in [1.29, 1.82) is 0 Å². The molecule has 0 fully saturated rings. The summed E-state index contributed by atoms with van der Waals surface area (Å²) in [5, 5.41) is 0. The zero-order chi connectivity index (χ0) is 9.56. The Bertz CT molecular complexity index is 168. The summed E-state index contributed by atoms with van der Waals surface area (Å²) < 4.78 is 4.71. The van der Waals surface area contributed by atoms with Crippen LogP contribution in [0.4, 0.5) is 0 Å². The van der Waals surface area contributed by atoms with Crippen molar-refractivity contribution in [2.75, 3.05) is 12.5 Å². The highest BCUT2D eigenvalue weighted by Gasteiger charge is 2.22. The van der Waals surface area contributed by atoms with E-state index in [1.165, 1.54) is 6.92 Å². The molecule has 0 aliphatic rings. The number of carbonyl (C=O) groups is 2. The summed E-state index contributed by atoms with van der Waals surface area (Å²) in [4.78, 5) is 21.9. The molecule has 0 aliphatic heterocycles. The lowest BCUT2D eigenvalue weighted by molar-refractivity contribution is -0.151. The van der Waals surface area contributed by atoms with Gasteiger partial charge >= 0.3 is 5.97 Å². The lowest BCUT2D eigenvalue weighted by Crippen LogP contribution is -2.24. The first kappa shape index (κ1) is 11.4. The minimum Gasteiger partial charge on any atom is -0.464 e. The minimum absolute atomic E-state index is 0.155. The molecule has 0 aromatic heterocycles. The quantitative estimate of drug-likeness (QED) is 0.376. The third-order valence-electron chi connectivity index (χ3n) is 1.50. The largest absolute Gasteiger partial charge is 0.464 e. The minimum atomic E-state index is -0.617. The molecule has 4 heteroatoms. The van der Waals surface area contributed by atoms with E-state index < -0.39 is 11.9 Å². The summed E-state index contributed by atoms with van der Waals surface area (Å²) >= 11 is 5.31. The van der Waals surface area contributed by atoms with Gasteiger partial charge in [-0.3, -0.25) is 9.59 Å². The van der Waals surface area contributed by atoms with E-state index in [2.05, 4.69) is 0 Å². The molecule has 0 saturated heterocycles. The smallest absolute Gasteiger partial charge is 0.316 e. The van der Waals surface area contributed by atoms with Crippen LogP contribution in [0.25, 0.3) is 0 Å². The first-order valence-electron chi connectivity index (χ1n) is 3.86. The molecule has 70 valence electrons. The second-order valence-electron chi connectivity index (χ2n) is 2.43. The summed E-state index contributed by atoms with van der Waals surface area (Å²) in [6.07, 6.45) is 0.483. The Labute approximate surface area is 77.0 Å². The summed E-state index contributed by atoms with van der Waals surface area (Å²) in [7, 11) is 0. The van der Waals surface area contributed by atoms with E-state index in [0.717, 1.165) is 0 Å². The standard InChI is InChI=1S/C8H13ClO3/c1-3-7(6(2)10)8(11)12-5-4-9/h7H,3-5H2,1-2H3. The van der Waals surface area contributed by atoms with Gasteiger partial charge in [-0.1, -0.05) is 6.92 Å². The fourth-order valence-electron chi connectivity index (χ4n) is 0.860. The van der Waals surface area contributed by atoms with Crippen molar-refractivity contribution in [3.05, 3.63) is 0 Å². The van der Waals surface area contributed by atoms with Crippen LogP contribution in [0.3, 0.4) is 0 Å². The fraction of sp³-hybridized carbons (Fsp3) is 0.750. The Balaban J connectivity index is 3.95. The number of hydrogen-bond acceptors (Lipinski definition) is 3. The number of ketones is 1. The summed E-state index contributed by atoms with van der Waals surface area (Å²) in [6, 6.07) is 0. The molecule has 12 heavy (non-hydrogen) atoms. The van der Waals surface area contributed by atoms with Crippen LogP contribution in [-0.2, 0) is 14.3 Å². The lowest BCUT2D eigenvalue weighted by atomic mass is 10.0. The highest BCUT2D eigenvalue weighted by Crippen LogP contribution is 2.06. The topological polar surface area (TPSA) is 43.4 Å². The maximum atomic E-state index is 11.1. The third-order valence-corrected chi connectivity index (χ3v) is 1.66. The summed E-state index contributed by atoms with van der Waals surface area (Å²) in [5.74, 6) is -0.976. The average Bonchev–Trinajstić information content (AvgIpc) is 2.01. The molecule has 0 aromatic rings. The molecule has 0 rings (SSSR count). The van der Waals surface area contributed by atoms with E-state index >= 15 is 0 Å². The lowest BCUT2D eigenvalue weighted by Gasteiger charge is -2.09. The van der Waals surface area contributed by atoms with Crippen LogP contribution in [0.1, 0.15) is 20.3 Å². The zero-order valence-electron chi connectivity index (χ0n) is 7.30. The normalized spacial score (nSPS) is 12.2. The monoisotopic (exact) mass is 192 g/mol. The number of halogens is 1. The maximum Gasteiger partial charge on any atom is 0.316 e. The van der Waals surface area contributed by atoms with Crippen LogP contribution < -0.4 is 0 Å². The average molecular weight is 193 g/mol. The number of hydrogen-bond donors (Lipinski definition) is 0. The number of carbonyl (C=O) groups excluding carboxylic acids is 2. The number of Topliss-reactive ketones (excluding diaryl/α,β-unsaturated/α-hetero) is 1. The zero-order valence-corrected chi connectivity index (χ0v) is 8.06. The Morgan fingerprint density at radius 3 is 2.42 bits per heavy atom. The van der Waals surface area contributed by atoms with Crippen LogP contribution in [0, 0.1) is 5.92 Å². The molecular weight excluding hydrogens is 180 g/mol. The molecule has 0 aliphatic carbocycles. The van der Waals surface area contributed by atoms with Crippen LogP contribution in [0.15, 0.2) is 0 Å². The molecular formula is C8H13ClO3. The van der Waals surface area contributed by atoms with Gasteiger partial charge in [-0.05, 0) is 13.3 Å². The maximum absolute atomic E-state index is 11.1. The number of ether oxygens (including phenoxy) is 1. The molecule has 0 bridgehead atoms. The molecule has 0 heterocycles. The van der Waals surface area contributed by atoms with Crippen molar-refractivity contribution in [3.63, 3.8) is 0 Å². The number of esters is 1. The fourth-order valence-corrected chi connectivity index (χ4v) is 0.937. The van der Waals surface area contributed by atoms with Gasteiger partial charge in [-0.2, -0.15) is 0 Å². The summed E-state index contributed by atoms with van der Waals surface area (Å²) in [5.41, 5.74) is 0. The SMILES string of the molecule is CCC(C(C)=O)C(=O)OCCCl. The Hall–Kier alpha value is -0.570. The first-order valence-corrected chi connectivity index (χ1v) is 4.40. The van der Waals surface area contributed by atoms with E-state index in [1.807, 2.05) is 0 Å². The van der Waals surface area contributed by atoms with Crippen molar-refractivity contribution in [1.82, 2.24) is 0 Å². The van der Waals surface area contributed by atoms with Crippen LogP contribution >= 0.6 is 11.6 Å². The highest BCUT2D eigenvalue weighted by atomic mass is 35.5. The van der Waals surface area contributed by atoms with E-state index in [9.17, 15) is 9.59 Å². The van der Waals surface area contributed by atoms with Crippen molar-refractivity contribution in [2.24, 2.45) is 5.92 Å². The highest BCUT2D eigenvalue weighted by molar-refractivity contribution is 6.18. The molecule has 0 saturated carbocycles. The molecule has 0 amide bonds. The van der Waals surface area contributed by atoms with Crippen LogP contribution in [-0.4, -0.2) is 24.2 Å². The Morgan fingerprint density at radius 1 is 1.50 bits per heavy atom. The van der Waals surface area contributed by atoms with Crippen molar-refractivity contribution >= 4 is 23.4 Å². The van der Waals surface area contributed by atoms with Gasteiger partial charge < -0.3 is 4.74 Å². The van der Waals surface area contributed by atoms with Gasteiger partial charge in [-0.25, -0.2) is 0 Å². The van der Waals surface area contributed by atoms with Gasteiger partial charge in [0.2, 0.25) is 0 Å². The first-order chi connectivity index (χ1) is 5.63. The number of alkyl halides is 1. The van der Waals surface area contributed by atoms with Crippen molar-refractivity contribution in [3.8, 4) is 0 Å². The van der Waals surface area contributed by atoms with E-state index in [4.69, 9.17) is 16.3 Å². The van der Waals surface area contributed by atoms with E-state index in [1.54, 1.807) is 6.92 Å². The molecule has 1 atom stereocenters. The third kappa shape index (κ3) is 3.72. The summed E-state index contributed by atoms with van der Waals surface area (Å²) in [6.45, 7) is 3.33. The van der Waals surface area contributed by atoms with E-state index in [-0.39, 0.29) is 18.3 Å². The number of rotatable bonds is 5. The predicted molar refractivity (Wildman–Crippen MR) is 46.1 cm³/mol. The van der Waals surface area contributed by atoms with Gasteiger partial charge in [0.1, 0.15) is 18.3 Å². The predicted octanol–water partition coefficient (Wildman–Crippen LogP) is 1.38. The van der Waals surface area contributed by atoms with Gasteiger partial charge in [-0.15, -0.1) is 11.6 Å². The second-order valence-corrected chi connectivity index (χ2v) is 2.81. The van der Waals surface area contributed by atoms with Crippen LogP contribution in [0.5, 0.6) is 0 Å². The Kier molecular flexibility index (Phi) is 5.72. The molecule has 0 spiro atoms. The van der Waals surface area contributed by atoms with Crippen molar-refractivity contribution in [2.45, 2.75) is 20.3 Å². The van der Waals surface area contributed by atoms with Gasteiger partial charge in [0.05, 0.1) is 5.88 Å². The Morgan fingerprint density at radius 2 is 2.08 bits per heavy atom. The van der Waals surface area contributed by atoms with E-state index in [0.29, 0.717) is 6.42 Å². The van der Waals surface area contributed by atoms with Gasteiger partial charge in [0.25, 0.3) is 0 Å². The van der Waals surface area contributed by atoms with Gasteiger partial charge in [0, 0.05) is 0 Å². The molecule has 0 radical (unpaired) electrons.